The molecule has 25 heavy (non-hydrogen) atoms. The Morgan fingerprint density at radius 1 is 1.24 bits per heavy atom. The van der Waals surface area contributed by atoms with E-state index in [1.807, 2.05) is 6.92 Å². The van der Waals surface area contributed by atoms with Crippen LogP contribution in [0, 0.1) is 13.8 Å². The van der Waals surface area contributed by atoms with Gasteiger partial charge in [-0.15, -0.1) is 0 Å². The number of hydrogen-bond donors (Lipinski definition) is 1. The average Bonchev–Trinajstić information content (AvgIpc) is 2.56. The molecule has 0 fully saturated rings. The molecule has 0 atom stereocenters. The van der Waals surface area contributed by atoms with Gasteiger partial charge in [-0.05, 0) is 49.2 Å². The summed E-state index contributed by atoms with van der Waals surface area (Å²) in [5, 5.41) is 3.14. The van der Waals surface area contributed by atoms with Gasteiger partial charge in [-0.3, -0.25) is 4.79 Å². The van der Waals surface area contributed by atoms with Gasteiger partial charge in [0.15, 0.2) is 0 Å². The Bertz CT molecular complexity index is 778. The first-order valence-electron chi connectivity index (χ1n) is 7.92. The number of halogens is 3. The van der Waals surface area contributed by atoms with E-state index in [9.17, 15) is 13.6 Å². The molecule has 0 aliphatic rings. The van der Waals surface area contributed by atoms with Gasteiger partial charge in [0.1, 0.15) is 12.4 Å². The third-order valence-electron chi connectivity index (χ3n) is 3.95. The topological polar surface area (TPSA) is 38.3 Å². The number of benzene rings is 2. The Labute approximate surface area is 151 Å². The van der Waals surface area contributed by atoms with E-state index in [0.717, 1.165) is 11.1 Å². The first-order chi connectivity index (χ1) is 11.8. The summed E-state index contributed by atoms with van der Waals surface area (Å²) in [6.07, 6.45) is -2.32. The number of anilines is 1. The van der Waals surface area contributed by atoms with Crippen LogP contribution in [0.3, 0.4) is 0 Å². The van der Waals surface area contributed by atoms with E-state index >= 15 is 0 Å². The van der Waals surface area contributed by atoms with Crippen molar-refractivity contribution >= 4 is 23.2 Å². The second-order valence-electron chi connectivity index (χ2n) is 5.73. The second-order valence-corrected chi connectivity index (χ2v) is 6.14. The molecule has 0 saturated heterocycles. The fraction of sp³-hybridized carbons (Fsp3) is 0.316. The maximum Gasteiger partial charge on any atom is 0.267 e. The lowest BCUT2D eigenvalue weighted by atomic mass is 10.1. The van der Waals surface area contributed by atoms with Gasteiger partial charge < -0.3 is 10.1 Å². The molecule has 1 N–H and O–H groups in total. The number of nitrogens with one attached hydrogen (secondary N) is 1. The standard InChI is InChI=1S/C19H20ClF2NO2/c1-4-18(24)23-16-7-5-6-15(20)14(16)10-25-17-9-12(3)11(2)8-13(17)19(21)22/h5-9,19H,4,10H2,1-3H3,(H,23,24). The zero-order chi connectivity index (χ0) is 18.6. The molecule has 0 saturated carbocycles. The first-order valence-corrected chi connectivity index (χ1v) is 8.30. The van der Waals surface area contributed by atoms with Crippen LogP contribution in [-0.4, -0.2) is 5.91 Å². The average molecular weight is 368 g/mol. The molecule has 1 amide bonds. The van der Waals surface area contributed by atoms with Crippen molar-refractivity contribution < 1.29 is 18.3 Å². The van der Waals surface area contributed by atoms with Crippen LogP contribution >= 0.6 is 11.6 Å². The van der Waals surface area contributed by atoms with E-state index in [4.69, 9.17) is 16.3 Å². The molecule has 3 nitrogen and oxygen atoms in total. The van der Waals surface area contributed by atoms with Crippen molar-refractivity contribution in [1.82, 2.24) is 0 Å². The van der Waals surface area contributed by atoms with Crippen LogP contribution in [0.4, 0.5) is 14.5 Å². The fourth-order valence-corrected chi connectivity index (χ4v) is 2.55. The fourth-order valence-electron chi connectivity index (χ4n) is 2.32. The third-order valence-corrected chi connectivity index (χ3v) is 4.30. The van der Waals surface area contributed by atoms with E-state index in [-0.39, 0.29) is 23.8 Å². The molecule has 0 aliphatic carbocycles. The molecule has 2 aromatic rings. The summed E-state index contributed by atoms with van der Waals surface area (Å²) >= 11 is 6.20. The Balaban J connectivity index is 2.30. The third kappa shape index (κ3) is 4.69. The summed E-state index contributed by atoms with van der Waals surface area (Å²) in [5.74, 6) is -0.0474. The number of carbonyl (C=O) groups is 1. The van der Waals surface area contributed by atoms with Crippen molar-refractivity contribution in [2.45, 2.75) is 40.2 Å². The van der Waals surface area contributed by atoms with Gasteiger partial charge in [-0.1, -0.05) is 24.6 Å². The Morgan fingerprint density at radius 2 is 1.92 bits per heavy atom. The lowest BCUT2D eigenvalue weighted by Crippen LogP contribution is -2.12. The van der Waals surface area contributed by atoms with Crippen LogP contribution in [0.1, 0.15) is 42.0 Å². The van der Waals surface area contributed by atoms with Gasteiger partial charge in [0.05, 0.1) is 5.56 Å². The molecule has 0 radical (unpaired) electrons. The predicted octanol–water partition coefficient (Wildman–Crippen LogP) is 5.82. The van der Waals surface area contributed by atoms with E-state index in [1.54, 1.807) is 38.1 Å². The van der Waals surface area contributed by atoms with Crippen molar-refractivity contribution in [2.75, 3.05) is 5.32 Å². The molecule has 6 heteroatoms. The number of ether oxygens (including phenoxy) is 1. The van der Waals surface area contributed by atoms with Crippen LogP contribution in [-0.2, 0) is 11.4 Å². The largest absolute Gasteiger partial charge is 0.488 e. The van der Waals surface area contributed by atoms with E-state index in [1.165, 1.54) is 6.07 Å². The van der Waals surface area contributed by atoms with Crippen LogP contribution in [0.5, 0.6) is 5.75 Å². The van der Waals surface area contributed by atoms with Crippen molar-refractivity contribution in [3.63, 3.8) is 0 Å². The first kappa shape index (κ1) is 19.2. The monoisotopic (exact) mass is 367 g/mol. The molecular formula is C19H20ClF2NO2. The molecule has 0 spiro atoms. The predicted molar refractivity (Wildman–Crippen MR) is 95.6 cm³/mol. The highest BCUT2D eigenvalue weighted by Gasteiger charge is 2.17. The Hall–Kier alpha value is -2.14. The van der Waals surface area contributed by atoms with Crippen molar-refractivity contribution in [2.24, 2.45) is 0 Å². The number of hydrogen-bond acceptors (Lipinski definition) is 2. The maximum atomic E-state index is 13.3. The molecule has 0 unspecified atom stereocenters. The Kier molecular flexibility index (Phi) is 6.37. The normalized spacial score (nSPS) is 10.8. The number of aryl methyl sites for hydroxylation is 2. The molecule has 0 heterocycles. The molecular weight excluding hydrogens is 348 g/mol. The smallest absolute Gasteiger partial charge is 0.267 e. The number of rotatable bonds is 6. The minimum atomic E-state index is -2.64. The van der Waals surface area contributed by atoms with Gasteiger partial charge in [-0.25, -0.2) is 8.78 Å². The van der Waals surface area contributed by atoms with Crippen LogP contribution in [0.2, 0.25) is 5.02 Å². The summed E-state index contributed by atoms with van der Waals surface area (Å²) in [7, 11) is 0. The molecule has 0 aliphatic heterocycles. The molecule has 0 aromatic heterocycles. The molecule has 2 rings (SSSR count). The molecule has 2 aromatic carbocycles. The SMILES string of the molecule is CCC(=O)Nc1cccc(Cl)c1COc1cc(C)c(C)cc1C(F)F. The number of amides is 1. The quantitative estimate of drug-likeness (QED) is 0.698. The zero-order valence-electron chi connectivity index (χ0n) is 14.3. The van der Waals surface area contributed by atoms with Crippen molar-refractivity contribution in [3.8, 4) is 5.75 Å². The molecule has 134 valence electrons. The van der Waals surface area contributed by atoms with Crippen molar-refractivity contribution in [3.05, 3.63) is 57.6 Å². The van der Waals surface area contributed by atoms with Gasteiger partial charge in [-0.2, -0.15) is 0 Å². The van der Waals surface area contributed by atoms with Crippen molar-refractivity contribution in [1.29, 1.82) is 0 Å². The highest BCUT2D eigenvalue weighted by Crippen LogP contribution is 2.33. The lowest BCUT2D eigenvalue weighted by molar-refractivity contribution is -0.115. The zero-order valence-corrected chi connectivity index (χ0v) is 15.1. The number of carbonyl (C=O) groups excluding carboxylic acids is 1. The summed E-state index contributed by atoms with van der Waals surface area (Å²) in [6.45, 7) is 5.32. The van der Waals surface area contributed by atoms with Gasteiger partial charge in [0, 0.05) is 22.7 Å². The van der Waals surface area contributed by atoms with Gasteiger partial charge in [0.25, 0.3) is 6.43 Å². The summed E-state index contributed by atoms with van der Waals surface area (Å²) in [5.41, 5.74) is 2.54. The van der Waals surface area contributed by atoms with Crippen LogP contribution in [0.15, 0.2) is 30.3 Å². The van der Waals surface area contributed by atoms with E-state index < -0.39 is 6.43 Å². The summed E-state index contributed by atoms with van der Waals surface area (Å²) < 4.78 is 32.2. The minimum absolute atomic E-state index is 0.0266. The van der Waals surface area contributed by atoms with Crippen LogP contribution in [0.25, 0.3) is 0 Å². The lowest BCUT2D eigenvalue weighted by Gasteiger charge is -2.16. The Morgan fingerprint density at radius 3 is 2.56 bits per heavy atom. The van der Waals surface area contributed by atoms with Gasteiger partial charge >= 0.3 is 0 Å². The van der Waals surface area contributed by atoms with Crippen LogP contribution < -0.4 is 10.1 Å². The minimum Gasteiger partial charge on any atom is -0.488 e. The van der Waals surface area contributed by atoms with E-state index in [2.05, 4.69) is 5.32 Å². The molecule has 0 bridgehead atoms. The number of alkyl halides is 2. The van der Waals surface area contributed by atoms with Gasteiger partial charge in [0.2, 0.25) is 5.91 Å². The highest BCUT2D eigenvalue weighted by atomic mass is 35.5. The second kappa shape index (κ2) is 8.30. The summed E-state index contributed by atoms with van der Waals surface area (Å²) in [6, 6.07) is 8.10. The highest BCUT2D eigenvalue weighted by molar-refractivity contribution is 6.31. The maximum absolute atomic E-state index is 13.3. The van der Waals surface area contributed by atoms with E-state index in [0.29, 0.717) is 22.7 Å². The summed E-state index contributed by atoms with van der Waals surface area (Å²) in [4.78, 5) is 11.7.